The van der Waals surface area contributed by atoms with E-state index in [1.54, 1.807) is 12.2 Å². The van der Waals surface area contributed by atoms with Crippen LogP contribution in [0.15, 0.2) is 12.2 Å². The van der Waals surface area contributed by atoms with Gasteiger partial charge < -0.3 is 10.4 Å². The molecule has 2 N–H and O–H groups in total. The second-order valence-corrected chi connectivity index (χ2v) is 7.57. The summed E-state index contributed by atoms with van der Waals surface area (Å²) >= 11 is 0. The summed E-state index contributed by atoms with van der Waals surface area (Å²) < 4.78 is 0. The number of rotatable bonds is 9. The van der Waals surface area contributed by atoms with Gasteiger partial charge in [0.25, 0.3) is 0 Å². The summed E-state index contributed by atoms with van der Waals surface area (Å²) in [5.74, 6) is -1.74. The number of hydrogen-bond donors (Lipinski definition) is 2. The average molecular weight is 362 g/mol. The molecule has 1 saturated heterocycles. The number of carboxylic acid groups (broad SMARTS) is 1. The van der Waals surface area contributed by atoms with Gasteiger partial charge in [0.1, 0.15) is 6.04 Å². The molecule has 0 spiro atoms. The van der Waals surface area contributed by atoms with Crippen molar-refractivity contribution >= 4 is 23.7 Å². The first-order chi connectivity index (χ1) is 12.5. The van der Waals surface area contributed by atoms with Gasteiger partial charge in [-0.15, -0.1) is 0 Å². The molecule has 0 aromatic heterocycles. The third-order valence-electron chi connectivity index (χ3n) is 5.72. The highest BCUT2D eigenvalue weighted by molar-refractivity contribution is 6.08. The lowest BCUT2D eigenvalue weighted by Gasteiger charge is -2.17. The Morgan fingerprint density at radius 2 is 1.73 bits per heavy atom. The van der Waals surface area contributed by atoms with Gasteiger partial charge in [0.2, 0.25) is 17.7 Å². The van der Waals surface area contributed by atoms with Gasteiger partial charge in [-0.25, -0.2) is 4.79 Å². The molecule has 0 aromatic rings. The van der Waals surface area contributed by atoms with Gasteiger partial charge in [0.15, 0.2) is 0 Å². The Kier molecular flexibility index (Phi) is 5.74. The van der Waals surface area contributed by atoms with Gasteiger partial charge in [-0.05, 0) is 38.0 Å². The first-order valence-corrected chi connectivity index (χ1v) is 9.53. The van der Waals surface area contributed by atoms with Crippen LogP contribution in [-0.2, 0) is 19.2 Å². The maximum absolute atomic E-state index is 12.0. The number of carboxylic acids is 1. The average Bonchev–Trinajstić information content (AvgIpc) is 3.09. The van der Waals surface area contributed by atoms with Crippen molar-refractivity contribution < 1.29 is 24.3 Å². The molecule has 7 heteroatoms. The Bertz CT molecular complexity index is 599. The fourth-order valence-corrected chi connectivity index (χ4v) is 4.10. The highest BCUT2D eigenvalue weighted by Crippen LogP contribution is 2.35. The lowest BCUT2D eigenvalue weighted by atomic mass is 9.85. The van der Waals surface area contributed by atoms with Crippen molar-refractivity contribution in [1.29, 1.82) is 0 Å². The molecule has 3 unspecified atom stereocenters. The fourth-order valence-electron chi connectivity index (χ4n) is 4.10. The van der Waals surface area contributed by atoms with Crippen LogP contribution < -0.4 is 5.32 Å². The number of aliphatic carboxylic acids is 1. The van der Waals surface area contributed by atoms with Crippen molar-refractivity contribution in [1.82, 2.24) is 10.2 Å². The van der Waals surface area contributed by atoms with E-state index in [-0.39, 0.29) is 29.6 Å². The number of fused-ring (bicyclic) bond motifs is 1. The third-order valence-corrected chi connectivity index (χ3v) is 5.72. The molecule has 3 aliphatic rings. The van der Waals surface area contributed by atoms with E-state index >= 15 is 0 Å². The molecule has 142 valence electrons. The van der Waals surface area contributed by atoms with Crippen molar-refractivity contribution in [2.24, 2.45) is 17.8 Å². The van der Waals surface area contributed by atoms with Crippen molar-refractivity contribution in [2.45, 2.75) is 57.4 Å². The quantitative estimate of drug-likeness (QED) is 0.367. The molecule has 3 atom stereocenters. The van der Waals surface area contributed by atoms with E-state index in [0.717, 1.165) is 25.7 Å². The van der Waals surface area contributed by atoms with Gasteiger partial charge in [-0.1, -0.05) is 25.0 Å². The Balaban J connectivity index is 1.38. The number of amides is 3. The van der Waals surface area contributed by atoms with E-state index in [1.165, 1.54) is 4.90 Å². The van der Waals surface area contributed by atoms with E-state index in [1.807, 2.05) is 0 Å². The largest absolute Gasteiger partial charge is 0.480 e. The van der Waals surface area contributed by atoms with Crippen LogP contribution in [0.2, 0.25) is 0 Å². The summed E-state index contributed by atoms with van der Waals surface area (Å²) in [6.07, 6.45) is 9.65. The normalized spacial score (nSPS) is 25.9. The summed E-state index contributed by atoms with van der Waals surface area (Å²) in [6, 6.07) is -0.910. The number of carbonyl (C=O) groups is 4. The fraction of sp³-hybridized carbons (Fsp3) is 0.684. The first-order valence-electron chi connectivity index (χ1n) is 9.53. The molecule has 1 aliphatic heterocycles. The van der Waals surface area contributed by atoms with Crippen LogP contribution in [0.25, 0.3) is 0 Å². The lowest BCUT2D eigenvalue weighted by molar-refractivity contribution is -0.142. The van der Waals surface area contributed by atoms with Gasteiger partial charge in [0, 0.05) is 13.0 Å². The number of nitrogens with zero attached hydrogens (tertiary/aromatic N) is 1. The minimum atomic E-state index is -1.04. The molecular weight excluding hydrogens is 336 g/mol. The van der Waals surface area contributed by atoms with Crippen LogP contribution in [0.3, 0.4) is 0 Å². The van der Waals surface area contributed by atoms with Crippen LogP contribution in [0, 0.1) is 17.8 Å². The minimum absolute atomic E-state index is 0.151. The minimum Gasteiger partial charge on any atom is -0.480 e. The van der Waals surface area contributed by atoms with Gasteiger partial charge in [-0.3, -0.25) is 19.3 Å². The van der Waals surface area contributed by atoms with E-state index in [4.69, 9.17) is 0 Å². The summed E-state index contributed by atoms with van der Waals surface area (Å²) in [4.78, 5) is 48.8. The molecule has 26 heavy (non-hydrogen) atoms. The number of likely N-dealkylation sites (tertiary alicyclic amines) is 1. The van der Waals surface area contributed by atoms with Crippen LogP contribution in [-0.4, -0.2) is 46.3 Å². The van der Waals surface area contributed by atoms with E-state index in [9.17, 15) is 24.3 Å². The number of carbonyl (C=O) groups excluding carboxylic acids is 3. The topological polar surface area (TPSA) is 104 Å². The molecule has 1 heterocycles. The Morgan fingerprint density at radius 3 is 2.27 bits per heavy atom. The molecular formula is C19H26N2O5. The van der Waals surface area contributed by atoms with Crippen molar-refractivity contribution in [3.63, 3.8) is 0 Å². The van der Waals surface area contributed by atoms with Crippen LogP contribution in [0.1, 0.15) is 51.4 Å². The Labute approximate surface area is 152 Å². The predicted octanol–water partition coefficient (Wildman–Crippen LogP) is 1.48. The lowest BCUT2D eigenvalue weighted by Crippen LogP contribution is -2.41. The second kappa shape index (κ2) is 8.01. The summed E-state index contributed by atoms with van der Waals surface area (Å²) in [6.45, 7) is 0.314. The molecule has 0 aromatic carbocycles. The number of hydrogen-bond acceptors (Lipinski definition) is 4. The number of nitrogens with one attached hydrogen (secondary N) is 1. The molecule has 2 aliphatic carbocycles. The molecule has 7 nitrogen and oxygen atoms in total. The van der Waals surface area contributed by atoms with Crippen molar-refractivity contribution in [3.8, 4) is 0 Å². The van der Waals surface area contributed by atoms with Crippen LogP contribution in [0.5, 0.6) is 0 Å². The molecule has 3 rings (SSSR count). The second-order valence-electron chi connectivity index (χ2n) is 7.57. The standard InChI is InChI=1S/C19H26N2O5/c22-16(11-12-5-1-2-6-12)20-15(19(25)26)7-3-4-10-21-17(23)13-8-9-14(13)18(21)24/h8-9,12-15H,1-7,10-11H2,(H,20,22)(H,25,26). The first kappa shape index (κ1) is 18.6. The highest BCUT2D eigenvalue weighted by Gasteiger charge is 2.48. The van der Waals surface area contributed by atoms with E-state index in [0.29, 0.717) is 38.1 Å². The van der Waals surface area contributed by atoms with Gasteiger partial charge >= 0.3 is 5.97 Å². The van der Waals surface area contributed by atoms with Gasteiger partial charge in [0.05, 0.1) is 11.8 Å². The Morgan fingerprint density at radius 1 is 1.12 bits per heavy atom. The SMILES string of the molecule is O=C(CC1CCCC1)NC(CCCCN1C(=O)C2C=CC2C1=O)C(=O)O. The summed E-state index contributed by atoms with van der Waals surface area (Å²) in [5.41, 5.74) is 0. The summed E-state index contributed by atoms with van der Waals surface area (Å²) in [5, 5.41) is 11.9. The highest BCUT2D eigenvalue weighted by atomic mass is 16.4. The Hall–Kier alpha value is -2.18. The van der Waals surface area contributed by atoms with Crippen LogP contribution >= 0.6 is 0 Å². The van der Waals surface area contributed by atoms with Crippen LogP contribution in [0.4, 0.5) is 0 Å². The smallest absolute Gasteiger partial charge is 0.326 e. The van der Waals surface area contributed by atoms with Crippen molar-refractivity contribution in [3.05, 3.63) is 12.2 Å². The van der Waals surface area contributed by atoms with Crippen molar-refractivity contribution in [2.75, 3.05) is 6.54 Å². The number of unbranched alkanes of at least 4 members (excludes halogenated alkanes) is 1. The summed E-state index contributed by atoms with van der Waals surface area (Å²) in [7, 11) is 0. The predicted molar refractivity (Wildman–Crippen MR) is 92.8 cm³/mol. The number of imide groups is 1. The monoisotopic (exact) mass is 362 g/mol. The maximum atomic E-state index is 12.0. The zero-order valence-corrected chi connectivity index (χ0v) is 14.9. The van der Waals surface area contributed by atoms with Gasteiger partial charge in [-0.2, -0.15) is 0 Å². The zero-order valence-electron chi connectivity index (χ0n) is 14.9. The molecule has 2 fully saturated rings. The molecule has 3 amide bonds. The molecule has 0 bridgehead atoms. The maximum Gasteiger partial charge on any atom is 0.326 e. The zero-order chi connectivity index (χ0) is 18.7. The molecule has 1 saturated carbocycles. The third kappa shape index (κ3) is 3.97. The molecule has 0 radical (unpaired) electrons. The van der Waals surface area contributed by atoms with E-state index < -0.39 is 12.0 Å². The van der Waals surface area contributed by atoms with E-state index in [2.05, 4.69) is 5.32 Å².